The SMILES string of the molecule is CC(C)c1nc(Cn2ccc3cccc(Cl)c32)cs1. The molecule has 2 heterocycles. The van der Waals surface area contributed by atoms with Crippen LogP contribution < -0.4 is 0 Å². The summed E-state index contributed by atoms with van der Waals surface area (Å²) in [6, 6.07) is 8.09. The minimum Gasteiger partial charge on any atom is -0.340 e. The van der Waals surface area contributed by atoms with E-state index in [1.807, 2.05) is 12.1 Å². The second-order valence-corrected chi connectivity index (χ2v) is 6.25. The van der Waals surface area contributed by atoms with E-state index in [1.54, 1.807) is 11.3 Å². The summed E-state index contributed by atoms with van der Waals surface area (Å²) in [6.07, 6.45) is 2.07. The van der Waals surface area contributed by atoms with Crippen LogP contribution in [0.15, 0.2) is 35.8 Å². The first-order chi connectivity index (χ1) is 9.15. The van der Waals surface area contributed by atoms with Crippen LogP contribution in [0.4, 0.5) is 0 Å². The molecule has 0 unspecified atom stereocenters. The molecule has 0 radical (unpaired) electrons. The predicted molar refractivity (Wildman–Crippen MR) is 82.3 cm³/mol. The van der Waals surface area contributed by atoms with Gasteiger partial charge in [0.15, 0.2) is 0 Å². The number of halogens is 1. The van der Waals surface area contributed by atoms with Crippen molar-refractivity contribution in [2.75, 3.05) is 0 Å². The minimum absolute atomic E-state index is 0.490. The van der Waals surface area contributed by atoms with Crippen LogP contribution in [0.5, 0.6) is 0 Å². The Balaban J connectivity index is 1.96. The average molecular weight is 291 g/mol. The van der Waals surface area contributed by atoms with E-state index in [-0.39, 0.29) is 0 Å². The smallest absolute Gasteiger partial charge is 0.0954 e. The number of thiazole rings is 1. The van der Waals surface area contributed by atoms with Crippen LogP contribution in [0.25, 0.3) is 10.9 Å². The zero-order valence-corrected chi connectivity index (χ0v) is 12.5. The van der Waals surface area contributed by atoms with E-state index in [1.165, 1.54) is 10.4 Å². The van der Waals surface area contributed by atoms with Crippen LogP contribution in [-0.4, -0.2) is 9.55 Å². The zero-order chi connectivity index (χ0) is 13.4. The Hall–Kier alpha value is -1.32. The van der Waals surface area contributed by atoms with Crippen molar-refractivity contribution in [1.82, 2.24) is 9.55 Å². The number of hydrogen-bond acceptors (Lipinski definition) is 2. The molecular formula is C15H15ClN2S. The number of benzene rings is 1. The van der Waals surface area contributed by atoms with E-state index in [0.29, 0.717) is 5.92 Å². The molecule has 0 aliphatic heterocycles. The summed E-state index contributed by atoms with van der Waals surface area (Å²) in [7, 11) is 0. The van der Waals surface area contributed by atoms with Crippen LogP contribution in [-0.2, 0) is 6.54 Å². The van der Waals surface area contributed by atoms with Crippen LogP contribution in [0.1, 0.15) is 30.5 Å². The van der Waals surface area contributed by atoms with Gasteiger partial charge in [-0.05, 0) is 12.1 Å². The molecule has 2 nitrogen and oxygen atoms in total. The van der Waals surface area contributed by atoms with Gasteiger partial charge < -0.3 is 4.57 Å². The Morgan fingerprint density at radius 3 is 2.89 bits per heavy atom. The molecule has 0 aliphatic carbocycles. The van der Waals surface area contributed by atoms with Gasteiger partial charge >= 0.3 is 0 Å². The molecule has 2 aromatic heterocycles. The van der Waals surface area contributed by atoms with Crippen molar-refractivity contribution in [3.05, 3.63) is 51.6 Å². The van der Waals surface area contributed by atoms with Crippen molar-refractivity contribution in [2.45, 2.75) is 26.3 Å². The van der Waals surface area contributed by atoms with Crippen molar-refractivity contribution < 1.29 is 0 Å². The molecular weight excluding hydrogens is 276 g/mol. The van der Waals surface area contributed by atoms with Crippen LogP contribution in [0, 0.1) is 0 Å². The van der Waals surface area contributed by atoms with Crippen LogP contribution in [0.2, 0.25) is 5.02 Å². The first-order valence-electron chi connectivity index (χ1n) is 6.33. The molecule has 0 N–H and O–H groups in total. The van der Waals surface area contributed by atoms with Gasteiger partial charge in [0, 0.05) is 22.9 Å². The Morgan fingerprint density at radius 1 is 1.32 bits per heavy atom. The lowest BCUT2D eigenvalue weighted by Gasteiger charge is -2.04. The molecule has 0 spiro atoms. The van der Waals surface area contributed by atoms with Crippen molar-refractivity contribution in [1.29, 1.82) is 0 Å². The van der Waals surface area contributed by atoms with Gasteiger partial charge in [0.2, 0.25) is 0 Å². The van der Waals surface area contributed by atoms with Gasteiger partial charge in [-0.2, -0.15) is 0 Å². The standard InChI is InChI=1S/C15H15ClN2S/c1-10(2)15-17-12(9-19-15)8-18-7-6-11-4-3-5-13(16)14(11)18/h3-7,9-10H,8H2,1-2H3. The molecule has 0 fully saturated rings. The third-order valence-electron chi connectivity index (χ3n) is 3.13. The van der Waals surface area contributed by atoms with Gasteiger partial charge in [-0.3, -0.25) is 0 Å². The van der Waals surface area contributed by atoms with Gasteiger partial charge in [0.1, 0.15) is 0 Å². The summed E-state index contributed by atoms with van der Waals surface area (Å²) in [5, 5.41) is 5.30. The summed E-state index contributed by atoms with van der Waals surface area (Å²) in [5.41, 5.74) is 2.19. The lowest BCUT2D eigenvalue weighted by atomic mass is 10.2. The second kappa shape index (κ2) is 4.99. The molecule has 3 aromatic rings. The van der Waals surface area contributed by atoms with Gasteiger partial charge in [-0.15, -0.1) is 11.3 Å². The molecule has 0 amide bonds. The molecule has 19 heavy (non-hydrogen) atoms. The lowest BCUT2D eigenvalue weighted by Crippen LogP contribution is -1.99. The Morgan fingerprint density at radius 2 is 2.16 bits per heavy atom. The molecule has 0 aliphatic rings. The number of aromatic nitrogens is 2. The largest absolute Gasteiger partial charge is 0.340 e. The monoisotopic (exact) mass is 290 g/mol. The highest BCUT2D eigenvalue weighted by molar-refractivity contribution is 7.09. The summed E-state index contributed by atoms with van der Waals surface area (Å²) in [5.74, 6) is 0.490. The third-order valence-corrected chi connectivity index (χ3v) is 4.63. The quantitative estimate of drug-likeness (QED) is 0.669. The molecule has 0 saturated carbocycles. The van der Waals surface area contributed by atoms with Crippen molar-refractivity contribution in [3.63, 3.8) is 0 Å². The van der Waals surface area contributed by atoms with E-state index in [4.69, 9.17) is 11.6 Å². The van der Waals surface area contributed by atoms with Gasteiger partial charge in [-0.1, -0.05) is 37.6 Å². The molecule has 0 saturated heterocycles. The van der Waals surface area contributed by atoms with Gasteiger partial charge in [0.05, 0.1) is 27.8 Å². The maximum absolute atomic E-state index is 6.29. The van der Waals surface area contributed by atoms with Crippen LogP contribution >= 0.6 is 22.9 Å². The highest BCUT2D eigenvalue weighted by Gasteiger charge is 2.09. The summed E-state index contributed by atoms with van der Waals surface area (Å²) in [4.78, 5) is 4.68. The summed E-state index contributed by atoms with van der Waals surface area (Å²) < 4.78 is 2.16. The summed E-state index contributed by atoms with van der Waals surface area (Å²) >= 11 is 8.02. The van der Waals surface area contributed by atoms with E-state index < -0.39 is 0 Å². The summed E-state index contributed by atoms with van der Waals surface area (Å²) in [6.45, 7) is 5.12. The van der Waals surface area contributed by atoms with Crippen molar-refractivity contribution in [3.8, 4) is 0 Å². The van der Waals surface area contributed by atoms with Crippen molar-refractivity contribution >= 4 is 33.8 Å². The average Bonchev–Trinajstić information content (AvgIpc) is 2.98. The molecule has 3 rings (SSSR count). The fourth-order valence-electron chi connectivity index (χ4n) is 2.18. The maximum atomic E-state index is 6.29. The first kappa shape index (κ1) is 12.7. The molecule has 0 atom stereocenters. The van der Waals surface area contributed by atoms with E-state index in [0.717, 1.165) is 22.8 Å². The van der Waals surface area contributed by atoms with Crippen LogP contribution in [0.3, 0.4) is 0 Å². The third kappa shape index (κ3) is 2.40. The number of hydrogen-bond donors (Lipinski definition) is 0. The fourth-order valence-corrected chi connectivity index (χ4v) is 3.30. The van der Waals surface area contributed by atoms with Crippen molar-refractivity contribution in [2.24, 2.45) is 0 Å². The van der Waals surface area contributed by atoms with Gasteiger partial charge in [0.25, 0.3) is 0 Å². The Labute approximate surface area is 121 Å². The number of para-hydroxylation sites is 1. The number of rotatable bonds is 3. The minimum atomic E-state index is 0.490. The normalized spacial score (nSPS) is 11.6. The molecule has 0 bridgehead atoms. The predicted octanol–water partition coefficient (Wildman–Crippen LogP) is 4.92. The molecule has 98 valence electrons. The van der Waals surface area contributed by atoms with Gasteiger partial charge in [-0.25, -0.2) is 4.98 Å². The number of nitrogens with zero attached hydrogens (tertiary/aromatic N) is 2. The Kier molecular flexibility index (Phi) is 3.33. The fraction of sp³-hybridized carbons (Fsp3) is 0.267. The first-order valence-corrected chi connectivity index (χ1v) is 7.58. The molecule has 1 aromatic carbocycles. The maximum Gasteiger partial charge on any atom is 0.0954 e. The lowest BCUT2D eigenvalue weighted by molar-refractivity contribution is 0.787. The van der Waals surface area contributed by atoms with E-state index >= 15 is 0 Å². The highest BCUT2D eigenvalue weighted by atomic mass is 35.5. The topological polar surface area (TPSA) is 17.8 Å². The molecule has 4 heteroatoms. The second-order valence-electron chi connectivity index (χ2n) is 4.95. The Bertz CT molecular complexity index is 712. The van der Waals surface area contributed by atoms with E-state index in [9.17, 15) is 0 Å². The zero-order valence-electron chi connectivity index (χ0n) is 10.9. The number of fused-ring (bicyclic) bond motifs is 1. The van der Waals surface area contributed by atoms with E-state index in [2.05, 4.69) is 47.1 Å². The highest BCUT2D eigenvalue weighted by Crippen LogP contribution is 2.26.